The number of unbranched alkanes of at least 4 members (excludes halogenated alkanes) is 1. The second kappa shape index (κ2) is 11.9. The average Bonchev–Trinajstić information content (AvgIpc) is 2.92. The molecular weight excluding hydrogens is 454 g/mol. The molecule has 1 amide bonds. The quantitative estimate of drug-likeness (QED) is 0.202. The molecule has 0 aliphatic rings. The van der Waals surface area contributed by atoms with Gasteiger partial charge in [-0.1, -0.05) is 49.7 Å². The van der Waals surface area contributed by atoms with Gasteiger partial charge in [0.15, 0.2) is 0 Å². The minimum Gasteiger partial charge on any atom is -0.496 e. The van der Waals surface area contributed by atoms with Crippen LogP contribution in [0.4, 0.5) is 5.69 Å². The van der Waals surface area contributed by atoms with Gasteiger partial charge in [0, 0.05) is 22.2 Å². The maximum Gasteiger partial charge on any atom is 0.338 e. The number of carbonyl (C=O) groups excluding carboxylic acids is 2. The van der Waals surface area contributed by atoms with E-state index in [1.165, 1.54) is 0 Å². The zero-order valence-electron chi connectivity index (χ0n) is 20.5. The van der Waals surface area contributed by atoms with E-state index in [4.69, 9.17) is 14.2 Å². The number of benzene rings is 4. The number of ether oxygens (including phenoxy) is 3. The molecule has 0 saturated carbocycles. The number of rotatable bonds is 10. The summed E-state index contributed by atoms with van der Waals surface area (Å²) >= 11 is 0. The Morgan fingerprint density at radius 1 is 0.833 bits per heavy atom. The van der Waals surface area contributed by atoms with Crippen LogP contribution in [0, 0.1) is 0 Å². The van der Waals surface area contributed by atoms with Gasteiger partial charge >= 0.3 is 5.97 Å². The van der Waals surface area contributed by atoms with E-state index in [1.807, 2.05) is 49.4 Å². The molecule has 0 heterocycles. The van der Waals surface area contributed by atoms with Crippen LogP contribution in [0.15, 0.2) is 84.9 Å². The Morgan fingerprint density at radius 3 is 2.36 bits per heavy atom. The lowest BCUT2D eigenvalue weighted by Gasteiger charge is -2.14. The molecule has 36 heavy (non-hydrogen) atoms. The van der Waals surface area contributed by atoms with Crippen molar-refractivity contribution in [1.29, 1.82) is 0 Å². The zero-order chi connectivity index (χ0) is 25.3. The molecule has 4 aromatic carbocycles. The Balaban J connectivity index is 1.44. The van der Waals surface area contributed by atoms with Gasteiger partial charge in [0.2, 0.25) is 0 Å². The number of esters is 1. The monoisotopic (exact) mass is 483 g/mol. The summed E-state index contributed by atoms with van der Waals surface area (Å²) in [5, 5.41) is 4.98. The Hall–Kier alpha value is -4.32. The number of fused-ring (bicyclic) bond motifs is 1. The molecule has 0 saturated heterocycles. The van der Waals surface area contributed by atoms with Gasteiger partial charge in [-0.2, -0.15) is 0 Å². The van der Waals surface area contributed by atoms with Gasteiger partial charge in [-0.05, 0) is 60.3 Å². The van der Waals surface area contributed by atoms with Crippen LogP contribution >= 0.6 is 0 Å². The molecule has 6 nitrogen and oxygen atoms in total. The number of amides is 1. The third kappa shape index (κ3) is 6.02. The summed E-state index contributed by atoms with van der Waals surface area (Å²) in [6.07, 6.45) is 1.79. The van der Waals surface area contributed by atoms with Crippen molar-refractivity contribution >= 4 is 28.3 Å². The van der Waals surface area contributed by atoms with Crippen LogP contribution < -0.4 is 14.8 Å². The van der Waals surface area contributed by atoms with Gasteiger partial charge in [-0.25, -0.2) is 4.79 Å². The summed E-state index contributed by atoms with van der Waals surface area (Å²) < 4.78 is 16.8. The highest BCUT2D eigenvalue weighted by atomic mass is 16.5. The standard InChI is InChI=1S/C30H29NO5/c1-3-4-18-35-30(33)22-12-15-25(16-13-22)31-29(32)23-14-17-27(34-2)24(19-23)20-36-28-11-7-9-21-8-5-6-10-26(21)28/h5-17,19H,3-4,18,20H2,1-2H3,(H,31,32). The van der Waals surface area contributed by atoms with Crippen LogP contribution in [-0.2, 0) is 11.3 Å². The van der Waals surface area contributed by atoms with Gasteiger partial charge in [-0.15, -0.1) is 0 Å². The second-order valence-corrected chi connectivity index (χ2v) is 8.31. The lowest BCUT2D eigenvalue weighted by Crippen LogP contribution is -2.13. The normalized spacial score (nSPS) is 10.6. The molecule has 0 radical (unpaired) electrons. The first kappa shape index (κ1) is 24.8. The van der Waals surface area contributed by atoms with Crippen LogP contribution in [0.25, 0.3) is 10.8 Å². The number of nitrogens with one attached hydrogen (secondary N) is 1. The van der Waals surface area contributed by atoms with Crippen molar-refractivity contribution in [2.75, 3.05) is 19.0 Å². The molecule has 184 valence electrons. The summed E-state index contributed by atoms with van der Waals surface area (Å²) in [6.45, 7) is 2.68. The van der Waals surface area contributed by atoms with E-state index in [0.717, 1.165) is 34.9 Å². The van der Waals surface area contributed by atoms with Crippen molar-refractivity contribution in [2.24, 2.45) is 0 Å². The summed E-state index contributed by atoms with van der Waals surface area (Å²) in [6, 6.07) is 25.8. The van der Waals surface area contributed by atoms with Crippen LogP contribution in [0.5, 0.6) is 11.5 Å². The largest absolute Gasteiger partial charge is 0.496 e. The van der Waals surface area contributed by atoms with Crippen LogP contribution in [0.2, 0.25) is 0 Å². The molecule has 0 bridgehead atoms. The predicted octanol–water partition coefficient (Wildman–Crippen LogP) is 6.64. The van der Waals surface area contributed by atoms with Gasteiger partial charge < -0.3 is 19.5 Å². The average molecular weight is 484 g/mol. The van der Waals surface area contributed by atoms with Crippen molar-refractivity contribution in [2.45, 2.75) is 26.4 Å². The van der Waals surface area contributed by atoms with Crippen molar-refractivity contribution < 1.29 is 23.8 Å². The second-order valence-electron chi connectivity index (χ2n) is 8.31. The third-order valence-electron chi connectivity index (χ3n) is 5.78. The molecule has 0 aromatic heterocycles. The van der Waals surface area contributed by atoms with Crippen LogP contribution in [0.3, 0.4) is 0 Å². The molecule has 0 fully saturated rings. The number of carbonyl (C=O) groups is 2. The Morgan fingerprint density at radius 2 is 1.58 bits per heavy atom. The summed E-state index contributed by atoms with van der Waals surface area (Å²) in [7, 11) is 1.59. The topological polar surface area (TPSA) is 73.9 Å². The fraction of sp³-hybridized carbons (Fsp3) is 0.200. The molecule has 6 heteroatoms. The van der Waals surface area contributed by atoms with Gasteiger partial charge in [-0.3, -0.25) is 4.79 Å². The van der Waals surface area contributed by atoms with E-state index in [0.29, 0.717) is 29.2 Å². The molecule has 0 aliphatic carbocycles. The SMILES string of the molecule is CCCCOC(=O)c1ccc(NC(=O)c2ccc(OC)c(COc3cccc4ccccc34)c2)cc1. The van der Waals surface area contributed by atoms with E-state index < -0.39 is 0 Å². The molecule has 4 rings (SSSR count). The maximum atomic E-state index is 12.9. The first-order valence-electron chi connectivity index (χ1n) is 11.9. The Labute approximate surface area is 210 Å². The molecule has 1 N–H and O–H groups in total. The minimum absolute atomic E-state index is 0.243. The summed E-state index contributed by atoms with van der Waals surface area (Å²) in [5.74, 6) is 0.755. The minimum atomic E-state index is -0.368. The first-order chi connectivity index (χ1) is 17.6. The third-order valence-corrected chi connectivity index (χ3v) is 5.78. The van der Waals surface area contributed by atoms with E-state index in [2.05, 4.69) is 5.32 Å². The number of hydrogen-bond acceptors (Lipinski definition) is 5. The molecule has 0 atom stereocenters. The van der Waals surface area contributed by atoms with Crippen molar-refractivity contribution in [3.05, 3.63) is 102 Å². The van der Waals surface area contributed by atoms with E-state index in [-0.39, 0.29) is 18.5 Å². The number of anilines is 1. The van der Waals surface area contributed by atoms with E-state index in [1.54, 1.807) is 49.6 Å². The maximum absolute atomic E-state index is 12.9. The highest BCUT2D eigenvalue weighted by molar-refractivity contribution is 6.04. The fourth-order valence-corrected chi connectivity index (χ4v) is 3.80. The summed E-state index contributed by atoms with van der Waals surface area (Å²) in [5.41, 5.74) is 2.24. The predicted molar refractivity (Wildman–Crippen MR) is 141 cm³/mol. The molecular formula is C30H29NO5. The van der Waals surface area contributed by atoms with Gasteiger partial charge in [0.05, 0.1) is 19.3 Å². The number of hydrogen-bond donors (Lipinski definition) is 1. The van der Waals surface area contributed by atoms with Gasteiger partial charge in [0.1, 0.15) is 18.1 Å². The van der Waals surface area contributed by atoms with Gasteiger partial charge in [0.25, 0.3) is 5.91 Å². The highest BCUT2D eigenvalue weighted by Gasteiger charge is 2.13. The van der Waals surface area contributed by atoms with Crippen molar-refractivity contribution in [3.63, 3.8) is 0 Å². The lowest BCUT2D eigenvalue weighted by atomic mass is 10.1. The number of methoxy groups -OCH3 is 1. The lowest BCUT2D eigenvalue weighted by molar-refractivity contribution is 0.0499. The molecule has 4 aromatic rings. The zero-order valence-corrected chi connectivity index (χ0v) is 20.5. The van der Waals surface area contributed by atoms with Crippen LogP contribution in [0.1, 0.15) is 46.0 Å². The van der Waals surface area contributed by atoms with E-state index in [9.17, 15) is 9.59 Å². The molecule has 0 spiro atoms. The van der Waals surface area contributed by atoms with Crippen molar-refractivity contribution in [1.82, 2.24) is 0 Å². The smallest absolute Gasteiger partial charge is 0.338 e. The first-order valence-corrected chi connectivity index (χ1v) is 11.9. The fourth-order valence-electron chi connectivity index (χ4n) is 3.80. The highest BCUT2D eigenvalue weighted by Crippen LogP contribution is 2.28. The molecule has 0 aliphatic heterocycles. The summed E-state index contributed by atoms with van der Waals surface area (Å²) in [4.78, 5) is 25.0. The Kier molecular flexibility index (Phi) is 8.19. The molecule has 0 unspecified atom stereocenters. The van der Waals surface area contributed by atoms with Crippen LogP contribution in [-0.4, -0.2) is 25.6 Å². The van der Waals surface area contributed by atoms with E-state index >= 15 is 0 Å². The van der Waals surface area contributed by atoms with Crippen molar-refractivity contribution in [3.8, 4) is 11.5 Å². The Bertz CT molecular complexity index is 1340.